The molecule has 1 aliphatic rings. The monoisotopic (exact) mass is 390 g/mol. The zero-order valence-electron chi connectivity index (χ0n) is 15.2. The highest BCUT2D eigenvalue weighted by atomic mass is 32.2. The van der Waals surface area contributed by atoms with Crippen LogP contribution in [0, 0.1) is 18.7 Å². The standard InChI is InChI=1S/C20H23FN2O3S/c1-15-4-2-3-5-17(15)14-27(25,26)23-12-10-16(11-13-23)20(24)22-19-8-6-18(21)7-9-19/h2-9,16H,10-14H2,1H3,(H,22,24). The molecule has 0 radical (unpaired) electrons. The molecule has 3 rings (SSSR count). The van der Waals surface area contributed by atoms with Crippen LogP contribution >= 0.6 is 0 Å². The lowest BCUT2D eigenvalue weighted by Crippen LogP contribution is -2.41. The first-order valence-corrected chi connectivity index (χ1v) is 10.5. The smallest absolute Gasteiger partial charge is 0.227 e. The first-order chi connectivity index (χ1) is 12.8. The maximum absolute atomic E-state index is 12.9. The van der Waals surface area contributed by atoms with Crippen molar-refractivity contribution in [3.8, 4) is 0 Å². The molecule has 0 atom stereocenters. The molecule has 1 fully saturated rings. The topological polar surface area (TPSA) is 66.5 Å². The molecule has 1 N–H and O–H groups in total. The van der Waals surface area contributed by atoms with Crippen molar-refractivity contribution < 1.29 is 17.6 Å². The van der Waals surface area contributed by atoms with Gasteiger partial charge in [0.2, 0.25) is 15.9 Å². The van der Waals surface area contributed by atoms with Gasteiger partial charge in [0.15, 0.2) is 0 Å². The molecule has 27 heavy (non-hydrogen) atoms. The molecule has 0 saturated carbocycles. The maximum atomic E-state index is 12.9. The number of carbonyl (C=O) groups is 1. The summed E-state index contributed by atoms with van der Waals surface area (Å²) in [7, 11) is -3.41. The number of aryl methyl sites for hydroxylation is 1. The third-order valence-electron chi connectivity index (χ3n) is 4.93. The fourth-order valence-electron chi connectivity index (χ4n) is 3.23. The number of hydrogen-bond donors (Lipinski definition) is 1. The van der Waals surface area contributed by atoms with Gasteiger partial charge in [0.1, 0.15) is 5.82 Å². The Bertz CT molecular complexity index is 905. The minimum Gasteiger partial charge on any atom is -0.326 e. The highest BCUT2D eigenvalue weighted by molar-refractivity contribution is 7.88. The molecule has 2 aromatic carbocycles. The molecule has 7 heteroatoms. The number of piperidine rings is 1. The van der Waals surface area contributed by atoms with Gasteiger partial charge in [0, 0.05) is 24.7 Å². The van der Waals surface area contributed by atoms with E-state index in [4.69, 9.17) is 0 Å². The molecule has 1 amide bonds. The average molecular weight is 390 g/mol. The van der Waals surface area contributed by atoms with Gasteiger partial charge >= 0.3 is 0 Å². The van der Waals surface area contributed by atoms with E-state index < -0.39 is 10.0 Å². The van der Waals surface area contributed by atoms with E-state index >= 15 is 0 Å². The van der Waals surface area contributed by atoms with Gasteiger partial charge in [0.25, 0.3) is 0 Å². The Kier molecular flexibility index (Phi) is 5.92. The number of rotatable bonds is 5. The summed E-state index contributed by atoms with van der Waals surface area (Å²) in [6.45, 7) is 2.56. The number of sulfonamides is 1. The van der Waals surface area contributed by atoms with Crippen LogP contribution in [0.1, 0.15) is 24.0 Å². The Morgan fingerprint density at radius 3 is 2.37 bits per heavy atom. The first-order valence-electron chi connectivity index (χ1n) is 8.94. The van der Waals surface area contributed by atoms with Gasteiger partial charge in [-0.05, 0) is 55.2 Å². The summed E-state index contributed by atoms with van der Waals surface area (Å²) in [5.74, 6) is -0.788. The lowest BCUT2D eigenvalue weighted by Gasteiger charge is -2.30. The van der Waals surface area contributed by atoms with Gasteiger partial charge in [-0.3, -0.25) is 4.79 Å². The normalized spacial score (nSPS) is 16.2. The van der Waals surface area contributed by atoms with Crippen LogP contribution in [0.5, 0.6) is 0 Å². The van der Waals surface area contributed by atoms with Crippen LogP contribution in [0.25, 0.3) is 0 Å². The second-order valence-corrected chi connectivity index (χ2v) is 8.82. The van der Waals surface area contributed by atoms with Crippen molar-refractivity contribution >= 4 is 21.6 Å². The van der Waals surface area contributed by atoms with Crippen molar-refractivity contribution in [2.45, 2.75) is 25.5 Å². The van der Waals surface area contributed by atoms with Crippen LogP contribution in [0.2, 0.25) is 0 Å². The van der Waals surface area contributed by atoms with Crippen LogP contribution in [-0.2, 0) is 20.6 Å². The summed E-state index contributed by atoms with van der Waals surface area (Å²) in [5.41, 5.74) is 2.29. The van der Waals surface area contributed by atoms with Gasteiger partial charge in [-0.2, -0.15) is 0 Å². The SMILES string of the molecule is Cc1ccccc1CS(=O)(=O)N1CCC(C(=O)Nc2ccc(F)cc2)CC1. The Balaban J connectivity index is 1.57. The van der Waals surface area contributed by atoms with Gasteiger partial charge in [-0.25, -0.2) is 17.1 Å². The van der Waals surface area contributed by atoms with E-state index in [1.807, 2.05) is 31.2 Å². The van der Waals surface area contributed by atoms with Crippen molar-refractivity contribution in [3.05, 3.63) is 65.5 Å². The van der Waals surface area contributed by atoms with Crippen LogP contribution in [0.3, 0.4) is 0 Å². The van der Waals surface area contributed by atoms with Gasteiger partial charge in [-0.15, -0.1) is 0 Å². The van der Waals surface area contributed by atoms with Crippen LogP contribution < -0.4 is 5.32 Å². The molecule has 1 aliphatic heterocycles. The van der Waals surface area contributed by atoms with E-state index in [1.54, 1.807) is 0 Å². The number of nitrogens with one attached hydrogen (secondary N) is 1. The molecule has 2 aromatic rings. The van der Waals surface area contributed by atoms with Crippen LogP contribution in [-0.4, -0.2) is 31.7 Å². The lowest BCUT2D eigenvalue weighted by molar-refractivity contribution is -0.120. The summed E-state index contributed by atoms with van der Waals surface area (Å²) >= 11 is 0. The Hall–Kier alpha value is -2.25. The molecule has 0 bridgehead atoms. The largest absolute Gasteiger partial charge is 0.326 e. The van der Waals surface area contributed by atoms with E-state index in [0.29, 0.717) is 31.6 Å². The number of nitrogens with zero attached hydrogens (tertiary/aromatic N) is 1. The molecule has 0 unspecified atom stereocenters. The minimum absolute atomic E-state index is 0.0217. The molecule has 5 nitrogen and oxygen atoms in total. The predicted octanol–water partition coefficient (Wildman–Crippen LogP) is 3.31. The molecule has 1 saturated heterocycles. The zero-order valence-corrected chi connectivity index (χ0v) is 16.0. The highest BCUT2D eigenvalue weighted by Crippen LogP contribution is 2.24. The molecule has 0 aromatic heterocycles. The van der Waals surface area contributed by atoms with Crippen molar-refractivity contribution in [2.75, 3.05) is 18.4 Å². The molecule has 144 valence electrons. The minimum atomic E-state index is -3.41. The summed E-state index contributed by atoms with van der Waals surface area (Å²) in [5, 5.41) is 2.77. The zero-order chi connectivity index (χ0) is 19.4. The van der Waals surface area contributed by atoms with E-state index in [2.05, 4.69) is 5.32 Å². The second-order valence-electron chi connectivity index (χ2n) is 6.85. The van der Waals surface area contributed by atoms with E-state index in [9.17, 15) is 17.6 Å². The van der Waals surface area contributed by atoms with E-state index in [-0.39, 0.29) is 23.4 Å². The van der Waals surface area contributed by atoms with Crippen molar-refractivity contribution in [3.63, 3.8) is 0 Å². The number of benzene rings is 2. The lowest BCUT2D eigenvalue weighted by atomic mass is 9.97. The summed E-state index contributed by atoms with van der Waals surface area (Å²) in [6.07, 6.45) is 0.945. The Morgan fingerprint density at radius 2 is 1.74 bits per heavy atom. The van der Waals surface area contributed by atoms with Gasteiger partial charge < -0.3 is 5.32 Å². The molecule has 0 aliphatic carbocycles. The quantitative estimate of drug-likeness (QED) is 0.852. The molecular weight excluding hydrogens is 367 g/mol. The Morgan fingerprint density at radius 1 is 1.11 bits per heavy atom. The van der Waals surface area contributed by atoms with Gasteiger partial charge in [-0.1, -0.05) is 24.3 Å². The van der Waals surface area contributed by atoms with Crippen molar-refractivity contribution in [2.24, 2.45) is 5.92 Å². The fraction of sp³-hybridized carbons (Fsp3) is 0.350. The van der Waals surface area contributed by atoms with Crippen LogP contribution in [0.15, 0.2) is 48.5 Å². The number of halogens is 1. The molecule has 1 heterocycles. The maximum Gasteiger partial charge on any atom is 0.227 e. The predicted molar refractivity (Wildman–Crippen MR) is 103 cm³/mol. The summed E-state index contributed by atoms with van der Waals surface area (Å²) in [4.78, 5) is 12.4. The van der Waals surface area contributed by atoms with E-state index in [0.717, 1.165) is 11.1 Å². The summed E-state index contributed by atoms with van der Waals surface area (Å²) in [6, 6.07) is 13.0. The number of hydrogen-bond acceptors (Lipinski definition) is 3. The van der Waals surface area contributed by atoms with Crippen molar-refractivity contribution in [1.29, 1.82) is 0 Å². The highest BCUT2D eigenvalue weighted by Gasteiger charge is 2.31. The Labute approximate surface area is 159 Å². The number of carbonyl (C=O) groups excluding carboxylic acids is 1. The summed E-state index contributed by atoms with van der Waals surface area (Å²) < 4.78 is 39.8. The second kappa shape index (κ2) is 8.19. The number of anilines is 1. The number of amides is 1. The van der Waals surface area contributed by atoms with Crippen molar-refractivity contribution in [1.82, 2.24) is 4.31 Å². The van der Waals surface area contributed by atoms with Crippen LogP contribution in [0.4, 0.5) is 10.1 Å². The molecule has 0 spiro atoms. The van der Waals surface area contributed by atoms with Gasteiger partial charge in [0.05, 0.1) is 5.75 Å². The average Bonchev–Trinajstić information content (AvgIpc) is 2.65. The van der Waals surface area contributed by atoms with E-state index in [1.165, 1.54) is 28.6 Å². The third kappa shape index (κ3) is 4.93. The third-order valence-corrected chi connectivity index (χ3v) is 6.76. The first kappa shape index (κ1) is 19.5. The fourth-order valence-corrected chi connectivity index (χ4v) is 4.90. The molecular formula is C20H23FN2O3S.